The van der Waals surface area contributed by atoms with Crippen molar-refractivity contribution >= 4 is 18.0 Å². The van der Waals surface area contributed by atoms with Gasteiger partial charge < -0.3 is 25.4 Å². The third kappa shape index (κ3) is 5.82. The maximum atomic E-state index is 13.0. The number of fused-ring (bicyclic) bond motifs is 3. The number of hydrogen-bond donors (Lipinski definition) is 3. The Bertz CT molecular complexity index is 1040. The van der Waals surface area contributed by atoms with E-state index in [0.717, 1.165) is 35.1 Å². The number of nitrogens with one attached hydrogen (secondary N) is 2. The van der Waals surface area contributed by atoms with Crippen molar-refractivity contribution in [1.82, 2.24) is 15.5 Å². The Balaban J connectivity index is 1.38. The summed E-state index contributed by atoms with van der Waals surface area (Å²) in [6.45, 7) is 0.462. The molecular weight excluding hydrogens is 446 g/mol. The summed E-state index contributed by atoms with van der Waals surface area (Å²) in [6, 6.07) is 15.2. The fraction of sp³-hybridized carbons (Fsp3) is 0.444. The van der Waals surface area contributed by atoms with Gasteiger partial charge in [0.1, 0.15) is 12.6 Å². The van der Waals surface area contributed by atoms with Gasteiger partial charge in [0.25, 0.3) is 0 Å². The first-order valence-electron chi connectivity index (χ1n) is 12.1. The van der Waals surface area contributed by atoms with Crippen molar-refractivity contribution in [2.24, 2.45) is 5.92 Å². The molecule has 3 atom stereocenters. The van der Waals surface area contributed by atoms with Gasteiger partial charge in [-0.1, -0.05) is 55.0 Å². The lowest BCUT2D eigenvalue weighted by molar-refractivity contribution is -0.143. The fourth-order valence-corrected chi connectivity index (χ4v) is 5.19. The van der Waals surface area contributed by atoms with Crippen molar-refractivity contribution in [3.05, 3.63) is 59.7 Å². The Labute approximate surface area is 205 Å². The van der Waals surface area contributed by atoms with Crippen molar-refractivity contribution in [2.75, 3.05) is 27.2 Å². The normalized spacial score (nSPS) is 20.0. The summed E-state index contributed by atoms with van der Waals surface area (Å²) in [7, 11) is 3.64. The quantitative estimate of drug-likeness (QED) is 0.537. The molecule has 2 amide bonds. The molecule has 0 aliphatic heterocycles. The average Bonchev–Trinajstić information content (AvgIpc) is 3.16. The first-order chi connectivity index (χ1) is 16.8. The van der Waals surface area contributed by atoms with E-state index in [9.17, 15) is 19.5 Å². The van der Waals surface area contributed by atoms with Crippen LogP contribution in [0.4, 0.5) is 4.79 Å². The maximum Gasteiger partial charge on any atom is 0.407 e. The van der Waals surface area contributed by atoms with Crippen LogP contribution in [0.15, 0.2) is 48.5 Å². The van der Waals surface area contributed by atoms with E-state index < -0.39 is 24.0 Å². The van der Waals surface area contributed by atoms with Gasteiger partial charge in [0, 0.05) is 18.5 Å². The molecule has 0 heterocycles. The minimum atomic E-state index is -0.828. The summed E-state index contributed by atoms with van der Waals surface area (Å²) < 4.78 is 5.61. The van der Waals surface area contributed by atoms with Crippen LogP contribution >= 0.6 is 0 Å². The molecule has 8 nitrogen and oxygen atoms in total. The summed E-state index contributed by atoms with van der Waals surface area (Å²) in [5.74, 6) is -1.67. The molecule has 3 N–H and O–H groups in total. The molecule has 8 heteroatoms. The van der Waals surface area contributed by atoms with Crippen LogP contribution in [0.25, 0.3) is 11.1 Å². The summed E-state index contributed by atoms with van der Waals surface area (Å²) in [5.41, 5.74) is 4.53. The number of carboxylic acids is 1. The highest BCUT2D eigenvalue weighted by atomic mass is 16.5. The Hall–Kier alpha value is -3.39. The summed E-state index contributed by atoms with van der Waals surface area (Å²) in [4.78, 5) is 38.9. The minimum absolute atomic E-state index is 0.0653. The summed E-state index contributed by atoms with van der Waals surface area (Å²) >= 11 is 0. The number of rotatable bonds is 8. The second-order valence-electron chi connectivity index (χ2n) is 9.69. The minimum Gasteiger partial charge on any atom is -0.481 e. The topological polar surface area (TPSA) is 108 Å². The van der Waals surface area contributed by atoms with Gasteiger partial charge in [-0.25, -0.2) is 4.79 Å². The first kappa shape index (κ1) is 24.7. The predicted molar refractivity (Wildman–Crippen MR) is 132 cm³/mol. The number of carboxylic acid groups (broad SMARTS) is 1. The van der Waals surface area contributed by atoms with Crippen LogP contribution in [0.5, 0.6) is 0 Å². The zero-order valence-corrected chi connectivity index (χ0v) is 20.2. The van der Waals surface area contributed by atoms with E-state index in [-0.39, 0.29) is 24.5 Å². The number of hydrogen-bond acceptors (Lipinski definition) is 5. The molecule has 2 aliphatic carbocycles. The standard InChI is InChI=1S/C27H33N3O5/c1-30(2)15-24(25(31)28-18-9-7-8-17(14-18)26(32)33)29-27(34)35-16-23-21-12-5-3-10-19(21)20-11-4-6-13-22(20)23/h3-6,10-13,17-18,23-24H,7-9,14-16H2,1-2H3,(H,28,31)(H,29,34)(H,32,33)/t17-,18+,24?/m1/s1. The second-order valence-corrected chi connectivity index (χ2v) is 9.69. The molecule has 2 aromatic carbocycles. The number of ether oxygens (including phenoxy) is 1. The molecule has 0 bridgehead atoms. The Morgan fingerprint density at radius 1 is 1.03 bits per heavy atom. The van der Waals surface area contributed by atoms with E-state index in [1.54, 1.807) is 0 Å². The second kappa shape index (κ2) is 10.9. The Kier molecular flexibility index (Phi) is 7.70. The molecule has 0 saturated heterocycles. The molecule has 1 saturated carbocycles. The van der Waals surface area contributed by atoms with E-state index >= 15 is 0 Å². The van der Waals surface area contributed by atoms with E-state index in [2.05, 4.69) is 34.9 Å². The van der Waals surface area contributed by atoms with Crippen molar-refractivity contribution in [2.45, 2.75) is 43.7 Å². The van der Waals surface area contributed by atoms with Gasteiger partial charge in [-0.05, 0) is 55.6 Å². The number of carbonyl (C=O) groups is 3. The van der Waals surface area contributed by atoms with E-state index in [4.69, 9.17) is 4.74 Å². The summed E-state index contributed by atoms with van der Waals surface area (Å²) in [5, 5.41) is 15.0. The molecule has 1 unspecified atom stereocenters. The molecule has 0 radical (unpaired) electrons. The van der Waals surface area contributed by atoms with Crippen LogP contribution in [-0.2, 0) is 14.3 Å². The smallest absolute Gasteiger partial charge is 0.407 e. The number of aliphatic carboxylic acids is 1. The van der Waals surface area contributed by atoms with Crippen LogP contribution in [0.1, 0.15) is 42.7 Å². The van der Waals surface area contributed by atoms with Crippen molar-refractivity contribution in [3.8, 4) is 11.1 Å². The highest BCUT2D eigenvalue weighted by molar-refractivity contribution is 5.86. The number of amides is 2. The molecule has 2 aromatic rings. The molecule has 4 rings (SSSR count). The van der Waals surface area contributed by atoms with E-state index in [1.165, 1.54) is 0 Å². The van der Waals surface area contributed by atoms with Gasteiger partial charge in [0.05, 0.1) is 5.92 Å². The van der Waals surface area contributed by atoms with Crippen LogP contribution < -0.4 is 10.6 Å². The lowest BCUT2D eigenvalue weighted by Crippen LogP contribution is -2.54. The lowest BCUT2D eigenvalue weighted by atomic mass is 9.85. The molecule has 2 aliphatic rings. The molecule has 186 valence electrons. The van der Waals surface area contributed by atoms with Crippen LogP contribution in [0.2, 0.25) is 0 Å². The zero-order chi connectivity index (χ0) is 24.9. The van der Waals surface area contributed by atoms with Gasteiger partial charge in [-0.2, -0.15) is 0 Å². The number of benzene rings is 2. The molecule has 0 aromatic heterocycles. The molecule has 0 spiro atoms. The highest BCUT2D eigenvalue weighted by Gasteiger charge is 2.32. The molecule has 1 fully saturated rings. The van der Waals surface area contributed by atoms with Gasteiger partial charge >= 0.3 is 12.1 Å². The number of carbonyl (C=O) groups excluding carboxylic acids is 2. The fourth-order valence-electron chi connectivity index (χ4n) is 5.19. The van der Waals surface area contributed by atoms with Crippen LogP contribution in [0, 0.1) is 5.92 Å². The first-order valence-corrected chi connectivity index (χ1v) is 12.1. The molecule has 35 heavy (non-hydrogen) atoms. The molecular formula is C27H33N3O5. The monoisotopic (exact) mass is 479 g/mol. The van der Waals surface area contributed by atoms with E-state index in [0.29, 0.717) is 19.4 Å². The highest BCUT2D eigenvalue weighted by Crippen LogP contribution is 2.44. The van der Waals surface area contributed by atoms with Crippen molar-refractivity contribution in [3.63, 3.8) is 0 Å². The van der Waals surface area contributed by atoms with Gasteiger partial charge in [0.15, 0.2) is 0 Å². The third-order valence-corrected chi connectivity index (χ3v) is 6.87. The van der Waals surface area contributed by atoms with Gasteiger partial charge in [0.2, 0.25) is 5.91 Å². The lowest BCUT2D eigenvalue weighted by Gasteiger charge is -2.29. The number of nitrogens with zero attached hydrogens (tertiary/aromatic N) is 1. The predicted octanol–water partition coefficient (Wildman–Crippen LogP) is 3.21. The zero-order valence-electron chi connectivity index (χ0n) is 20.2. The van der Waals surface area contributed by atoms with Gasteiger partial charge in [-0.15, -0.1) is 0 Å². The Morgan fingerprint density at radius 3 is 2.26 bits per heavy atom. The van der Waals surface area contributed by atoms with Crippen molar-refractivity contribution in [1.29, 1.82) is 0 Å². The average molecular weight is 480 g/mol. The number of likely N-dealkylation sites (N-methyl/N-ethyl adjacent to an activating group) is 1. The van der Waals surface area contributed by atoms with E-state index in [1.807, 2.05) is 43.3 Å². The van der Waals surface area contributed by atoms with Gasteiger partial charge in [-0.3, -0.25) is 9.59 Å². The van der Waals surface area contributed by atoms with Crippen molar-refractivity contribution < 1.29 is 24.2 Å². The van der Waals surface area contributed by atoms with Crippen LogP contribution in [0.3, 0.4) is 0 Å². The van der Waals surface area contributed by atoms with Crippen LogP contribution in [-0.4, -0.2) is 67.3 Å². The largest absolute Gasteiger partial charge is 0.481 e. The number of alkyl carbamates (subject to hydrolysis) is 1. The Morgan fingerprint density at radius 2 is 1.66 bits per heavy atom. The third-order valence-electron chi connectivity index (χ3n) is 6.87. The SMILES string of the molecule is CN(C)CC(NC(=O)OCC1c2ccccc2-c2ccccc21)C(=O)N[C@H]1CCC[C@@H](C(=O)O)C1. The summed E-state index contributed by atoms with van der Waals surface area (Å²) in [6.07, 6.45) is 1.86. The maximum absolute atomic E-state index is 13.0.